The minimum absolute atomic E-state index is 0.205. The first-order chi connectivity index (χ1) is 23.4. The van der Waals surface area contributed by atoms with Crippen molar-refractivity contribution in [2.75, 3.05) is 39.6 Å². The second kappa shape index (κ2) is 12.6. The van der Waals surface area contributed by atoms with Gasteiger partial charge in [-0.1, -0.05) is 26.8 Å². The minimum atomic E-state index is -0.998. The monoisotopic (exact) mass is 671 g/mol. The first-order valence-corrected chi connectivity index (χ1v) is 16.9. The molecule has 0 radical (unpaired) electrons. The molecule has 0 bridgehead atoms. The van der Waals surface area contributed by atoms with E-state index in [9.17, 15) is 14.7 Å². The van der Waals surface area contributed by atoms with Crippen molar-refractivity contribution >= 4 is 17.5 Å². The molecule has 0 spiro atoms. The number of halogens is 1. The van der Waals surface area contributed by atoms with Crippen LogP contribution < -0.4 is 14.2 Å². The van der Waals surface area contributed by atoms with E-state index in [0.717, 1.165) is 41.2 Å². The molecule has 0 saturated carbocycles. The smallest absolute Gasteiger partial charge is 0.311 e. The van der Waals surface area contributed by atoms with E-state index in [0.29, 0.717) is 73.8 Å². The van der Waals surface area contributed by atoms with Crippen LogP contribution in [0.2, 0.25) is 0 Å². The molecule has 7 rings (SSSR count). The lowest BCUT2D eigenvalue weighted by atomic mass is 9.79. The maximum absolute atomic E-state index is 15.7. The number of fused-ring (bicyclic) bond motifs is 3. The summed E-state index contributed by atoms with van der Waals surface area (Å²) < 4.78 is 33.9. The van der Waals surface area contributed by atoms with Crippen molar-refractivity contribution in [1.82, 2.24) is 24.4 Å². The van der Waals surface area contributed by atoms with Crippen molar-refractivity contribution in [1.29, 1.82) is 0 Å². The van der Waals surface area contributed by atoms with E-state index >= 15 is 4.39 Å². The van der Waals surface area contributed by atoms with Crippen molar-refractivity contribution in [2.45, 2.75) is 66.3 Å². The van der Waals surface area contributed by atoms with Crippen LogP contribution >= 0.6 is 0 Å². The molecule has 1 N–H and O–H groups in total. The molecule has 0 unspecified atom stereocenters. The number of ether oxygens (including phenoxy) is 3. The molecule has 12 heteroatoms. The molecule has 1 amide bonds. The topological polar surface area (TPSA) is 119 Å². The molecular weight excluding hydrogens is 629 g/mol. The van der Waals surface area contributed by atoms with Gasteiger partial charge in [0.15, 0.2) is 34.4 Å². The second-order valence-electron chi connectivity index (χ2n) is 14.5. The SMILES string of the molecule is Cc1nc2cc(C(=O)N3CCN(Cc4ccc5c(c4)OCO5)CC3)nn2c(-c2cc(F)c3c(c2C)CCCO3)c1[C@H](CC(C)(C)C)C(=O)O. The summed E-state index contributed by atoms with van der Waals surface area (Å²) in [5.41, 5.74) is 4.88. The molecule has 2 aromatic heterocycles. The van der Waals surface area contributed by atoms with Crippen LogP contribution in [0.25, 0.3) is 16.9 Å². The van der Waals surface area contributed by atoms with Crippen LogP contribution in [0, 0.1) is 25.1 Å². The first kappa shape index (κ1) is 32.8. The maximum atomic E-state index is 15.7. The quantitative estimate of drug-likeness (QED) is 0.261. The van der Waals surface area contributed by atoms with Gasteiger partial charge in [-0.3, -0.25) is 14.5 Å². The highest BCUT2D eigenvalue weighted by atomic mass is 19.1. The Hall–Kier alpha value is -4.71. The Balaban J connectivity index is 1.24. The minimum Gasteiger partial charge on any atom is -0.490 e. The summed E-state index contributed by atoms with van der Waals surface area (Å²) in [6.07, 6.45) is 1.71. The highest BCUT2D eigenvalue weighted by Crippen LogP contribution is 2.43. The normalized spacial score (nSPS) is 16.8. The summed E-state index contributed by atoms with van der Waals surface area (Å²) in [6.45, 7) is 13.5. The van der Waals surface area contributed by atoms with Crippen molar-refractivity contribution in [3.8, 4) is 28.5 Å². The number of rotatable bonds is 7. The molecule has 11 nitrogen and oxygen atoms in total. The number of carbonyl (C=O) groups is 2. The van der Waals surface area contributed by atoms with Gasteiger partial charge in [-0.15, -0.1) is 0 Å². The average molecular weight is 672 g/mol. The van der Waals surface area contributed by atoms with E-state index in [1.54, 1.807) is 22.4 Å². The van der Waals surface area contributed by atoms with E-state index < -0.39 is 17.7 Å². The van der Waals surface area contributed by atoms with Gasteiger partial charge in [0, 0.05) is 61.2 Å². The predicted molar refractivity (Wildman–Crippen MR) is 180 cm³/mol. The van der Waals surface area contributed by atoms with Crippen molar-refractivity contribution in [3.05, 3.63) is 69.8 Å². The van der Waals surface area contributed by atoms with Crippen LogP contribution in [0.5, 0.6) is 17.2 Å². The first-order valence-electron chi connectivity index (χ1n) is 16.9. The van der Waals surface area contributed by atoms with Gasteiger partial charge in [0.1, 0.15) is 0 Å². The second-order valence-corrected chi connectivity index (χ2v) is 14.5. The number of amides is 1. The van der Waals surface area contributed by atoms with Gasteiger partial charge in [0.2, 0.25) is 6.79 Å². The number of carboxylic acids is 1. The summed E-state index contributed by atoms with van der Waals surface area (Å²) in [5.74, 6) is -0.933. The number of aryl methyl sites for hydroxylation is 1. The molecule has 1 fully saturated rings. The molecule has 258 valence electrons. The average Bonchev–Trinajstić information content (AvgIpc) is 3.71. The lowest BCUT2D eigenvalue weighted by Gasteiger charge is -2.34. The number of benzene rings is 2. The van der Waals surface area contributed by atoms with Gasteiger partial charge in [-0.05, 0) is 67.9 Å². The zero-order valence-electron chi connectivity index (χ0n) is 28.6. The lowest BCUT2D eigenvalue weighted by Crippen LogP contribution is -2.48. The number of carbonyl (C=O) groups excluding carboxylic acids is 1. The van der Waals surface area contributed by atoms with Crippen molar-refractivity contribution < 1.29 is 33.3 Å². The highest BCUT2D eigenvalue weighted by Gasteiger charge is 2.35. The fourth-order valence-corrected chi connectivity index (χ4v) is 7.31. The van der Waals surface area contributed by atoms with Gasteiger partial charge >= 0.3 is 5.97 Å². The van der Waals surface area contributed by atoms with E-state index in [4.69, 9.17) is 24.3 Å². The molecule has 0 aliphatic carbocycles. The maximum Gasteiger partial charge on any atom is 0.311 e. The molecule has 1 atom stereocenters. The van der Waals surface area contributed by atoms with Gasteiger partial charge in [0.25, 0.3) is 5.91 Å². The molecule has 5 heterocycles. The summed E-state index contributed by atoms with van der Waals surface area (Å²) >= 11 is 0. The van der Waals surface area contributed by atoms with E-state index in [-0.39, 0.29) is 29.6 Å². The molecule has 1 saturated heterocycles. The van der Waals surface area contributed by atoms with E-state index in [1.807, 2.05) is 45.9 Å². The van der Waals surface area contributed by atoms with Crippen LogP contribution in [0.15, 0.2) is 30.3 Å². The fraction of sp³-hybridized carbons (Fsp3) is 0.459. The summed E-state index contributed by atoms with van der Waals surface area (Å²) in [7, 11) is 0. The van der Waals surface area contributed by atoms with Crippen molar-refractivity contribution in [2.24, 2.45) is 5.41 Å². The Morgan fingerprint density at radius 1 is 1.02 bits per heavy atom. The predicted octanol–water partition coefficient (Wildman–Crippen LogP) is 5.77. The lowest BCUT2D eigenvalue weighted by molar-refractivity contribution is -0.139. The number of aromatic nitrogens is 3. The number of hydrogen-bond acceptors (Lipinski definition) is 8. The Morgan fingerprint density at radius 2 is 1.78 bits per heavy atom. The summed E-state index contributed by atoms with van der Waals surface area (Å²) in [4.78, 5) is 35.7. The van der Waals surface area contributed by atoms with Gasteiger partial charge in [0.05, 0.1) is 18.2 Å². The van der Waals surface area contributed by atoms with E-state index in [2.05, 4.69) is 4.90 Å². The highest BCUT2D eigenvalue weighted by molar-refractivity contribution is 5.94. The Morgan fingerprint density at radius 3 is 2.51 bits per heavy atom. The summed E-state index contributed by atoms with van der Waals surface area (Å²) in [6, 6.07) is 9.01. The third kappa shape index (κ3) is 6.29. The van der Waals surface area contributed by atoms with Crippen molar-refractivity contribution in [3.63, 3.8) is 0 Å². The third-order valence-corrected chi connectivity index (χ3v) is 9.71. The number of nitrogens with zero attached hydrogens (tertiary/aromatic N) is 5. The number of hydrogen-bond donors (Lipinski definition) is 1. The van der Waals surface area contributed by atoms with Gasteiger partial charge < -0.3 is 24.2 Å². The Bertz CT molecular complexity index is 1960. The van der Waals surface area contributed by atoms with Crippen LogP contribution in [-0.4, -0.2) is 81.0 Å². The molecule has 49 heavy (non-hydrogen) atoms. The van der Waals surface area contributed by atoms with Crippen LogP contribution in [0.1, 0.15) is 78.0 Å². The van der Waals surface area contributed by atoms with Crippen LogP contribution in [0.3, 0.4) is 0 Å². The number of carboxylic acid groups (broad SMARTS) is 1. The van der Waals surface area contributed by atoms with Crippen LogP contribution in [0.4, 0.5) is 4.39 Å². The number of aliphatic carboxylic acids is 1. The fourth-order valence-electron chi connectivity index (χ4n) is 7.31. The zero-order valence-corrected chi connectivity index (χ0v) is 28.6. The van der Waals surface area contributed by atoms with Gasteiger partial charge in [-0.25, -0.2) is 13.9 Å². The number of piperazine rings is 1. The Labute approximate surface area is 284 Å². The molecular formula is C37H42FN5O6. The summed E-state index contributed by atoms with van der Waals surface area (Å²) in [5, 5.41) is 15.3. The third-order valence-electron chi connectivity index (χ3n) is 9.71. The van der Waals surface area contributed by atoms with E-state index in [1.165, 1.54) is 6.07 Å². The van der Waals surface area contributed by atoms with Gasteiger partial charge in [-0.2, -0.15) is 5.10 Å². The zero-order chi connectivity index (χ0) is 34.6. The molecule has 4 aromatic rings. The molecule has 3 aliphatic heterocycles. The molecule has 2 aromatic carbocycles. The molecule has 3 aliphatic rings. The largest absolute Gasteiger partial charge is 0.490 e. The van der Waals surface area contributed by atoms with Crippen LogP contribution in [-0.2, 0) is 17.8 Å². The standard InChI is InChI=1S/C37H42FN5O6/c1-21-24-7-6-14-47-34(24)27(38)16-25(21)33-32(26(36(45)46)18-37(3,4)5)22(2)39-31-17-28(40-43(31)33)35(44)42-12-10-41(11-13-42)19-23-8-9-29-30(15-23)49-20-48-29/h8-9,15-17,26H,6-7,10-14,18-20H2,1-5H3,(H,45,46)/t26-/m0/s1. The Kier molecular flexibility index (Phi) is 8.46.